The summed E-state index contributed by atoms with van der Waals surface area (Å²) in [6.45, 7) is 9.71. The molecule has 0 bridgehead atoms. The van der Waals surface area contributed by atoms with Crippen LogP contribution in [0.1, 0.15) is 57.7 Å². The minimum Gasteiger partial charge on any atom is -0.289 e. The van der Waals surface area contributed by atoms with Crippen molar-refractivity contribution in [3.63, 3.8) is 0 Å². The van der Waals surface area contributed by atoms with Crippen molar-refractivity contribution in [3.8, 4) is 0 Å². The lowest BCUT2D eigenvalue weighted by Crippen LogP contribution is -2.17. The first-order valence-corrected chi connectivity index (χ1v) is 11.2. The normalized spacial score (nSPS) is 13.3. The lowest BCUT2D eigenvalue weighted by atomic mass is 10.0. The summed E-state index contributed by atoms with van der Waals surface area (Å²) in [4.78, 5) is 26.9. The van der Waals surface area contributed by atoms with Crippen LogP contribution in [0.3, 0.4) is 0 Å². The summed E-state index contributed by atoms with van der Waals surface area (Å²) in [5.41, 5.74) is 3.15. The van der Waals surface area contributed by atoms with E-state index < -0.39 is 7.92 Å². The van der Waals surface area contributed by atoms with Gasteiger partial charge in [-0.25, -0.2) is 0 Å². The monoisotopic (exact) mass is 442 g/mol. The number of carbonyl (C=O) groups is 2. The minimum atomic E-state index is -1.67. The van der Waals surface area contributed by atoms with E-state index in [9.17, 15) is 9.59 Å². The predicted molar refractivity (Wildman–Crippen MR) is 117 cm³/mol. The summed E-state index contributed by atoms with van der Waals surface area (Å²) in [5, 5.41) is 0.711. The molecule has 2 aromatic carbocycles. The largest absolute Gasteiger partial charge is 0.289 e. The predicted octanol–water partition coefficient (Wildman–Crippen LogP) is 7.83. The van der Waals surface area contributed by atoms with E-state index in [4.69, 9.17) is 34.8 Å². The molecule has 0 spiro atoms. The molecule has 6 heteroatoms. The summed E-state index contributed by atoms with van der Waals surface area (Å²) >= 11 is 18.5. The molecule has 0 aromatic heterocycles. The summed E-state index contributed by atoms with van der Waals surface area (Å²) in [5.74, 6) is 0. The third-order valence-electron chi connectivity index (χ3n) is 4.58. The summed E-state index contributed by atoms with van der Waals surface area (Å²) in [6, 6.07) is 6.91. The van der Waals surface area contributed by atoms with Crippen LogP contribution in [0.2, 0.25) is 15.1 Å². The molecular weight excluding hydrogens is 422 g/mol. The van der Waals surface area contributed by atoms with Gasteiger partial charge < -0.3 is 0 Å². The number of aryl methyl sites for hydroxylation is 3. The van der Waals surface area contributed by atoms with Crippen LogP contribution in [-0.2, 0) is 0 Å². The first-order chi connectivity index (χ1) is 12.6. The van der Waals surface area contributed by atoms with E-state index in [0.717, 1.165) is 16.7 Å². The quantitative estimate of drug-likeness (QED) is 0.426. The van der Waals surface area contributed by atoms with Crippen LogP contribution in [-0.4, -0.2) is 16.7 Å². The topological polar surface area (TPSA) is 34.1 Å². The highest BCUT2D eigenvalue weighted by Gasteiger charge is 2.36. The van der Waals surface area contributed by atoms with Gasteiger partial charge in [-0.15, -0.1) is 0 Å². The van der Waals surface area contributed by atoms with E-state index in [-0.39, 0.29) is 32.3 Å². The Hall–Kier alpha value is -0.920. The van der Waals surface area contributed by atoms with Crippen molar-refractivity contribution < 1.29 is 9.59 Å². The third kappa shape index (κ3) is 4.74. The van der Waals surface area contributed by atoms with Gasteiger partial charge in [0, 0.05) is 18.5 Å². The fourth-order valence-electron chi connectivity index (χ4n) is 3.18. The Labute approximate surface area is 177 Å². The van der Waals surface area contributed by atoms with Crippen molar-refractivity contribution in [3.05, 3.63) is 67.2 Å². The summed E-state index contributed by atoms with van der Waals surface area (Å²) in [7, 11) is -1.67. The Morgan fingerprint density at radius 1 is 0.889 bits per heavy atom. The Morgan fingerprint density at radius 2 is 1.33 bits per heavy atom. The molecule has 0 aliphatic carbocycles. The number of halogens is 3. The van der Waals surface area contributed by atoms with Gasteiger partial charge >= 0.3 is 0 Å². The lowest BCUT2D eigenvalue weighted by molar-refractivity contribution is 0.105. The van der Waals surface area contributed by atoms with Crippen molar-refractivity contribution in [2.24, 2.45) is 0 Å². The van der Waals surface area contributed by atoms with Gasteiger partial charge in [0.1, 0.15) is 0 Å². The lowest BCUT2D eigenvalue weighted by Gasteiger charge is -2.24. The number of benzene rings is 2. The zero-order valence-electron chi connectivity index (χ0n) is 16.0. The van der Waals surface area contributed by atoms with Crippen LogP contribution >= 0.6 is 42.7 Å². The smallest absolute Gasteiger partial charge is 0.195 e. The Kier molecular flexibility index (Phi) is 7.50. The summed E-state index contributed by atoms with van der Waals surface area (Å²) < 4.78 is 0. The van der Waals surface area contributed by atoms with Crippen molar-refractivity contribution in [2.75, 3.05) is 0 Å². The van der Waals surface area contributed by atoms with Crippen LogP contribution in [0, 0.1) is 20.8 Å². The van der Waals surface area contributed by atoms with Crippen LogP contribution in [0.4, 0.5) is 0 Å². The number of carbonyl (C=O) groups excluding carboxylic acids is 2. The highest BCUT2D eigenvalue weighted by atomic mass is 35.5. The molecule has 0 saturated carbocycles. The molecule has 2 unspecified atom stereocenters. The second-order valence-electron chi connectivity index (χ2n) is 6.76. The highest BCUT2D eigenvalue weighted by Crippen LogP contribution is 2.51. The van der Waals surface area contributed by atoms with Crippen LogP contribution in [0.15, 0.2) is 24.3 Å². The van der Waals surface area contributed by atoms with Gasteiger partial charge in [-0.05, 0) is 56.1 Å². The molecule has 2 rings (SSSR count). The zero-order valence-corrected chi connectivity index (χ0v) is 19.2. The highest BCUT2D eigenvalue weighted by molar-refractivity contribution is 7.90. The zero-order chi connectivity index (χ0) is 20.5. The molecule has 2 atom stereocenters. The SMILES string of the molecule is CCC(C)P(C(=O)c1c(C)cc(C)cc1C)C(=O)c1c(Cl)cc(Cl)cc1Cl. The molecule has 0 fully saturated rings. The molecule has 2 nitrogen and oxygen atoms in total. The molecule has 0 saturated heterocycles. The summed E-state index contributed by atoms with van der Waals surface area (Å²) in [6.07, 6.45) is 0.704. The maximum atomic E-state index is 13.5. The van der Waals surface area contributed by atoms with Gasteiger partial charge in [-0.2, -0.15) is 0 Å². The van der Waals surface area contributed by atoms with E-state index in [0.29, 0.717) is 17.0 Å². The average molecular weight is 444 g/mol. The first-order valence-electron chi connectivity index (χ1n) is 8.68. The van der Waals surface area contributed by atoms with E-state index in [1.54, 1.807) is 0 Å². The Bertz CT molecular complexity index is 793. The van der Waals surface area contributed by atoms with Crippen LogP contribution < -0.4 is 0 Å². The van der Waals surface area contributed by atoms with Gasteiger partial charge in [0.2, 0.25) is 0 Å². The van der Waals surface area contributed by atoms with Gasteiger partial charge in [0.15, 0.2) is 11.0 Å². The van der Waals surface area contributed by atoms with Crippen molar-refractivity contribution in [1.29, 1.82) is 0 Å². The fraction of sp³-hybridized carbons (Fsp3) is 0.333. The molecule has 144 valence electrons. The molecule has 27 heavy (non-hydrogen) atoms. The maximum Gasteiger partial charge on any atom is 0.195 e. The minimum absolute atomic E-state index is 0.0945. The van der Waals surface area contributed by atoms with E-state index in [2.05, 4.69) is 0 Å². The number of hydrogen-bond donors (Lipinski definition) is 0. The first kappa shape index (κ1) is 22.4. The van der Waals surface area contributed by atoms with E-state index in [1.807, 2.05) is 46.8 Å². The maximum absolute atomic E-state index is 13.5. The van der Waals surface area contributed by atoms with Gasteiger partial charge in [0.05, 0.1) is 15.6 Å². The second kappa shape index (κ2) is 9.05. The molecule has 0 heterocycles. The molecular formula is C21H22Cl3O2P. The molecule has 0 N–H and O–H groups in total. The van der Waals surface area contributed by atoms with Crippen molar-refractivity contribution >= 4 is 53.8 Å². The Morgan fingerprint density at radius 3 is 1.78 bits per heavy atom. The van der Waals surface area contributed by atoms with Gasteiger partial charge in [-0.1, -0.05) is 66.3 Å². The van der Waals surface area contributed by atoms with Crippen molar-refractivity contribution in [1.82, 2.24) is 0 Å². The van der Waals surface area contributed by atoms with Gasteiger partial charge in [-0.3, -0.25) is 9.59 Å². The van der Waals surface area contributed by atoms with Crippen molar-refractivity contribution in [2.45, 2.75) is 46.7 Å². The molecule has 2 aromatic rings. The van der Waals surface area contributed by atoms with Gasteiger partial charge in [0.25, 0.3) is 0 Å². The Balaban J connectivity index is 2.61. The van der Waals surface area contributed by atoms with Crippen LogP contribution in [0.5, 0.6) is 0 Å². The molecule has 0 aliphatic heterocycles. The van der Waals surface area contributed by atoms with Crippen LogP contribution in [0.25, 0.3) is 0 Å². The third-order valence-corrected chi connectivity index (χ3v) is 7.96. The number of rotatable bonds is 6. The molecule has 0 radical (unpaired) electrons. The standard InChI is InChI=1S/C21H22Cl3O2P/c1-6-14(5)27(20(25)18-12(3)7-11(2)8-13(18)4)21(26)19-16(23)9-15(22)10-17(19)24/h7-10,14H,6H2,1-5H3. The average Bonchev–Trinajstić information content (AvgIpc) is 2.52. The second-order valence-corrected chi connectivity index (χ2v) is 10.4. The fourth-order valence-corrected chi connectivity index (χ4v) is 6.73. The molecule has 0 amide bonds. The van der Waals surface area contributed by atoms with E-state index >= 15 is 0 Å². The van der Waals surface area contributed by atoms with E-state index in [1.165, 1.54) is 12.1 Å². The number of hydrogen-bond acceptors (Lipinski definition) is 2. The molecule has 0 aliphatic rings.